The van der Waals surface area contributed by atoms with E-state index < -0.39 is 0 Å². The third-order valence-electron chi connectivity index (χ3n) is 6.20. The molecule has 0 saturated heterocycles. The number of hydrogen-bond acceptors (Lipinski definition) is 4. The van der Waals surface area contributed by atoms with Gasteiger partial charge in [-0.1, -0.05) is 0 Å². The number of Topliss-reactive ketones (excluding diaryl/α,β-unsaturated/α-hetero) is 1. The zero-order valence-electron chi connectivity index (χ0n) is 14.5. The van der Waals surface area contributed by atoms with Gasteiger partial charge in [0.1, 0.15) is 11.5 Å². The molecule has 4 saturated carbocycles. The fourth-order valence-electron chi connectivity index (χ4n) is 5.53. The van der Waals surface area contributed by atoms with Crippen molar-refractivity contribution in [3.05, 3.63) is 23.8 Å². The molecule has 4 bridgehead atoms. The van der Waals surface area contributed by atoms with Gasteiger partial charge in [0.25, 0.3) is 0 Å². The first kappa shape index (κ1) is 16.3. The van der Waals surface area contributed by atoms with Crippen molar-refractivity contribution in [1.29, 1.82) is 0 Å². The Labute approximate surface area is 148 Å². The minimum atomic E-state index is 0.176. The molecular weight excluding hydrogens is 320 g/mol. The van der Waals surface area contributed by atoms with Gasteiger partial charge in [-0.25, -0.2) is 0 Å². The maximum Gasteiger partial charge on any atom is 0.176 e. The van der Waals surface area contributed by atoms with E-state index in [2.05, 4.69) is 0 Å². The third-order valence-corrected chi connectivity index (χ3v) is 7.72. The van der Waals surface area contributed by atoms with Crippen molar-refractivity contribution >= 4 is 17.5 Å². The van der Waals surface area contributed by atoms with Gasteiger partial charge in [-0.2, -0.15) is 0 Å². The number of methoxy groups -OCH3 is 2. The Bertz CT molecular complexity index is 604. The summed E-state index contributed by atoms with van der Waals surface area (Å²) in [6.07, 6.45) is 8.32. The lowest BCUT2D eigenvalue weighted by atomic mass is 9.56. The molecule has 24 heavy (non-hydrogen) atoms. The van der Waals surface area contributed by atoms with E-state index in [-0.39, 0.29) is 5.78 Å². The summed E-state index contributed by atoms with van der Waals surface area (Å²) in [5.41, 5.74) is 0.676. The van der Waals surface area contributed by atoms with Crippen molar-refractivity contribution < 1.29 is 14.3 Å². The molecule has 4 aliphatic carbocycles. The first-order chi connectivity index (χ1) is 11.6. The molecule has 0 radical (unpaired) electrons. The Morgan fingerprint density at radius 1 is 1.08 bits per heavy atom. The smallest absolute Gasteiger partial charge is 0.176 e. The Balaban J connectivity index is 1.45. The Kier molecular flexibility index (Phi) is 4.27. The third kappa shape index (κ3) is 2.94. The highest BCUT2D eigenvalue weighted by Crippen LogP contribution is 2.60. The second-order valence-corrected chi connectivity index (χ2v) is 9.32. The van der Waals surface area contributed by atoms with Crippen molar-refractivity contribution in [1.82, 2.24) is 0 Å². The molecule has 0 unspecified atom stereocenters. The molecule has 0 N–H and O–H groups in total. The number of rotatable bonds is 6. The predicted octanol–water partition coefficient (Wildman–Crippen LogP) is 4.59. The van der Waals surface area contributed by atoms with Gasteiger partial charge in [0, 0.05) is 10.8 Å². The molecule has 0 atom stereocenters. The second-order valence-electron chi connectivity index (χ2n) is 7.88. The lowest BCUT2D eigenvalue weighted by molar-refractivity contribution is 0.0383. The van der Waals surface area contributed by atoms with Gasteiger partial charge in [0.2, 0.25) is 0 Å². The summed E-state index contributed by atoms with van der Waals surface area (Å²) in [7, 11) is 3.23. The summed E-state index contributed by atoms with van der Waals surface area (Å²) < 4.78 is 11.0. The van der Waals surface area contributed by atoms with Crippen LogP contribution < -0.4 is 9.47 Å². The quantitative estimate of drug-likeness (QED) is 0.706. The summed E-state index contributed by atoms with van der Waals surface area (Å²) in [4.78, 5) is 12.8. The molecule has 4 aliphatic rings. The molecule has 5 rings (SSSR count). The molecule has 0 spiro atoms. The van der Waals surface area contributed by atoms with Crippen molar-refractivity contribution in [2.24, 2.45) is 17.8 Å². The average Bonchev–Trinajstić information content (AvgIpc) is 2.58. The average molecular weight is 346 g/mol. The van der Waals surface area contributed by atoms with Gasteiger partial charge in [0.15, 0.2) is 5.78 Å². The van der Waals surface area contributed by atoms with Crippen LogP contribution in [0.1, 0.15) is 48.9 Å². The SMILES string of the molecule is COc1ccc(C(=O)CSC23CC4CC(CC(C4)C2)C3)c(OC)c1. The van der Waals surface area contributed by atoms with Gasteiger partial charge in [0.05, 0.1) is 25.5 Å². The molecule has 1 aromatic rings. The van der Waals surface area contributed by atoms with Crippen LogP contribution in [0.25, 0.3) is 0 Å². The number of hydrogen-bond donors (Lipinski definition) is 0. The van der Waals surface area contributed by atoms with Gasteiger partial charge >= 0.3 is 0 Å². The predicted molar refractivity (Wildman–Crippen MR) is 97.2 cm³/mol. The summed E-state index contributed by atoms with van der Waals surface area (Å²) in [5.74, 6) is 4.85. The number of benzene rings is 1. The Hall–Kier alpha value is -1.16. The Morgan fingerprint density at radius 2 is 1.71 bits per heavy atom. The lowest BCUT2D eigenvalue weighted by Crippen LogP contribution is -2.48. The summed E-state index contributed by atoms with van der Waals surface area (Å²) >= 11 is 1.93. The van der Waals surface area contributed by atoms with Crippen LogP contribution in [0.5, 0.6) is 11.5 Å². The summed E-state index contributed by atoms with van der Waals surface area (Å²) in [6.45, 7) is 0. The fraction of sp³-hybridized carbons (Fsp3) is 0.650. The molecule has 0 amide bonds. The lowest BCUT2D eigenvalue weighted by Gasteiger charge is -2.56. The molecule has 4 fully saturated rings. The van der Waals surface area contributed by atoms with Crippen molar-refractivity contribution in [3.8, 4) is 11.5 Å². The zero-order valence-corrected chi connectivity index (χ0v) is 15.4. The van der Waals surface area contributed by atoms with Crippen LogP contribution in [-0.4, -0.2) is 30.5 Å². The normalized spacial score (nSPS) is 33.5. The van der Waals surface area contributed by atoms with E-state index in [1.807, 2.05) is 23.9 Å². The first-order valence-corrected chi connectivity index (χ1v) is 9.98. The monoisotopic (exact) mass is 346 g/mol. The number of thioether (sulfide) groups is 1. The minimum absolute atomic E-state index is 0.176. The number of carbonyl (C=O) groups excluding carboxylic acids is 1. The highest BCUT2D eigenvalue weighted by molar-refractivity contribution is 8.01. The summed E-state index contributed by atoms with van der Waals surface area (Å²) in [6, 6.07) is 5.47. The van der Waals surface area contributed by atoms with E-state index in [9.17, 15) is 4.79 Å². The van der Waals surface area contributed by atoms with E-state index in [0.29, 0.717) is 21.8 Å². The van der Waals surface area contributed by atoms with E-state index >= 15 is 0 Å². The topological polar surface area (TPSA) is 35.5 Å². The zero-order chi connectivity index (χ0) is 16.7. The molecule has 3 nitrogen and oxygen atoms in total. The van der Waals surface area contributed by atoms with E-state index in [4.69, 9.17) is 9.47 Å². The van der Waals surface area contributed by atoms with Crippen LogP contribution in [0.2, 0.25) is 0 Å². The van der Waals surface area contributed by atoms with E-state index in [1.165, 1.54) is 38.5 Å². The molecule has 0 aliphatic heterocycles. The standard InChI is InChI=1S/C20H26O3S/c1-22-16-3-4-17(19(8-16)23-2)18(21)12-24-20-9-13-5-14(10-20)7-15(6-13)11-20/h3-4,8,13-15H,5-7,9-12H2,1-2H3. The maximum atomic E-state index is 12.8. The van der Waals surface area contributed by atoms with Crippen LogP contribution in [0, 0.1) is 17.8 Å². The largest absolute Gasteiger partial charge is 0.497 e. The van der Waals surface area contributed by atoms with Gasteiger partial charge in [-0.05, 0) is 68.4 Å². The van der Waals surface area contributed by atoms with Crippen LogP contribution in [0.15, 0.2) is 18.2 Å². The molecule has 4 heteroatoms. The molecule has 0 aromatic heterocycles. The number of carbonyl (C=O) groups is 1. The maximum absolute atomic E-state index is 12.8. The minimum Gasteiger partial charge on any atom is -0.497 e. The van der Waals surface area contributed by atoms with E-state index in [1.54, 1.807) is 20.3 Å². The van der Waals surface area contributed by atoms with Crippen LogP contribution in [0.3, 0.4) is 0 Å². The van der Waals surface area contributed by atoms with E-state index in [0.717, 1.165) is 23.5 Å². The Morgan fingerprint density at radius 3 is 2.25 bits per heavy atom. The number of ketones is 1. The molecule has 1 aromatic carbocycles. The van der Waals surface area contributed by atoms with Gasteiger partial charge in [-0.3, -0.25) is 4.79 Å². The molecular formula is C20H26O3S. The summed E-state index contributed by atoms with van der Waals surface area (Å²) in [5, 5.41) is 0. The van der Waals surface area contributed by atoms with Crippen LogP contribution >= 0.6 is 11.8 Å². The van der Waals surface area contributed by atoms with Crippen molar-refractivity contribution in [2.45, 2.75) is 43.3 Å². The van der Waals surface area contributed by atoms with Crippen LogP contribution in [-0.2, 0) is 0 Å². The van der Waals surface area contributed by atoms with Crippen molar-refractivity contribution in [2.75, 3.05) is 20.0 Å². The molecule has 130 valence electrons. The molecule has 0 heterocycles. The van der Waals surface area contributed by atoms with Crippen LogP contribution in [0.4, 0.5) is 0 Å². The van der Waals surface area contributed by atoms with Crippen molar-refractivity contribution in [3.63, 3.8) is 0 Å². The highest BCUT2D eigenvalue weighted by atomic mass is 32.2. The van der Waals surface area contributed by atoms with Gasteiger partial charge in [-0.15, -0.1) is 11.8 Å². The van der Waals surface area contributed by atoms with Gasteiger partial charge < -0.3 is 9.47 Å². The number of ether oxygens (including phenoxy) is 2. The second kappa shape index (κ2) is 6.29. The first-order valence-electron chi connectivity index (χ1n) is 9.00. The fourth-order valence-corrected chi connectivity index (χ4v) is 7.19. The highest BCUT2D eigenvalue weighted by Gasteiger charge is 2.51.